The number of carbonyl (C=O) groups excluding carboxylic acids is 2. The lowest BCUT2D eigenvalue weighted by atomic mass is 9.75. The van der Waals surface area contributed by atoms with Crippen LogP contribution in [-0.2, 0) is 16.1 Å². The van der Waals surface area contributed by atoms with Crippen LogP contribution in [0.4, 0.5) is 0 Å². The Kier molecular flexibility index (Phi) is 7.45. The first kappa shape index (κ1) is 21.5. The molecular weight excluding hydrogens is 386 g/mol. The summed E-state index contributed by atoms with van der Waals surface area (Å²) in [7, 11) is 0. The topological polar surface area (TPSA) is 55.8 Å². The molecule has 0 unspecified atom stereocenters. The van der Waals surface area contributed by atoms with Crippen molar-refractivity contribution in [3.05, 3.63) is 52.2 Å². The van der Waals surface area contributed by atoms with E-state index in [-0.39, 0.29) is 11.8 Å². The molecule has 2 heterocycles. The Morgan fingerprint density at radius 1 is 1.17 bits per heavy atom. The van der Waals surface area contributed by atoms with Gasteiger partial charge in [0, 0.05) is 6.54 Å². The molecule has 0 saturated carbocycles. The van der Waals surface area contributed by atoms with Gasteiger partial charge in [0.25, 0.3) is 0 Å². The second-order valence-electron chi connectivity index (χ2n) is 7.56. The summed E-state index contributed by atoms with van der Waals surface area (Å²) in [4.78, 5) is 27.4. The van der Waals surface area contributed by atoms with E-state index in [1.807, 2.05) is 43.3 Å². The number of nitrogens with zero attached hydrogens (tertiary/aromatic N) is 1. The van der Waals surface area contributed by atoms with Gasteiger partial charge in [-0.3, -0.25) is 14.5 Å². The van der Waals surface area contributed by atoms with E-state index >= 15 is 0 Å². The average Bonchev–Trinajstić information content (AvgIpc) is 3.19. The number of ether oxygens (including phenoxy) is 2. The fourth-order valence-electron chi connectivity index (χ4n) is 3.76. The highest BCUT2D eigenvalue weighted by molar-refractivity contribution is 7.12. The second-order valence-corrected chi connectivity index (χ2v) is 8.48. The lowest BCUT2D eigenvalue weighted by molar-refractivity contribution is -0.159. The molecule has 29 heavy (non-hydrogen) atoms. The summed E-state index contributed by atoms with van der Waals surface area (Å²) in [6.07, 6.45) is 2.17. The highest BCUT2D eigenvalue weighted by atomic mass is 32.1. The van der Waals surface area contributed by atoms with E-state index in [2.05, 4.69) is 10.3 Å². The SMILES string of the molecule is CCOC(=O)C1(CCOc2ccccc2)CCN(Cc2csc(C(C)=O)c2)CC1. The van der Waals surface area contributed by atoms with Gasteiger partial charge >= 0.3 is 5.97 Å². The molecule has 0 aliphatic carbocycles. The van der Waals surface area contributed by atoms with Gasteiger partial charge in [-0.1, -0.05) is 18.2 Å². The summed E-state index contributed by atoms with van der Waals surface area (Å²) in [5, 5.41) is 2.05. The number of hydrogen-bond donors (Lipinski definition) is 0. The van der Waals surface area contributed by atoms with Crippen LogP contribution in [0.25, 0.3) is 0 Å². The fourth-order valence-corrected chi connectivity index (χ4v) is 4.57. The minimum absolute atomic E-state index is 0.106. The number of para-hydroxylation sites is 1. The summed E-state index contributed by atoms with van der Waals surface area (Å²) < 4.78 is 11.3. The highest BCUT2D eigenvalue weighted by Crippen LogP contribution is 2.37. The highest BCUT2D eigenvalue weighted by Gasteiger charge is 2.42. The zero-order valence-electron chi connectivity index (χ0n) is 17.2. The molecule has 1 aliphatic rings. The van der Waals surface area contributed by atoms with Gasteiger partial charge in [-0.15, -0.1) is 11.3 Å². The lowest BCUT2D eigenvalue weighted by Gasteiger charge is -2.39. The number of rotatable bonds is 9. The first-order chi connectivity index (χ1) is 14.0. The molecule has 1 aromatic carbocycles. The van der Waals surface area contributed by atoms with Crippen LogP contribution in [0, 0.1) is 5.41 Å². The molecule has 0 amide bonds. The van der Waals surface area contributed by atoms with E-state index in [9.17, 15) is 9.59 Å². The van der Waals surface area contributed by atoms with Crippen LogP contribution in [0.1, 0.15) is 48.3 Å². The molecule has 2 aromatic rings. The van der Waals surface area contributed by atoms with Crippen LogP contribution < -0.4 is 4.74 Å². The Bertz CT molecular complexity index is 809. The number of carbonyl (C=O) groups is 2. The van der Waals surface area contributed by atoms with Crippen molar-refractivity contribution in [2.75, 3.05) is 26.3 Å². The van der Waals surface area contributed by atoms with Gasteiger partial charge < -0.3 is 9.47 Å². The monoisotopic (exact) mass is 415 g/mol. The number of Topliss-reactive ketones (excluding diaryl/α,β-unsaturated/α-hetero) is 1. The molecule has 0 radical (unpaired) electrons. The molecule has 5 nitrogen and oxygen atoms in total. The van der Waals surface area contributed by atoms with Crippen LogP contribution in [-0.4, -0.2) is 43.0 Å². The Morgan fingerprint density at radius 2 is 1.90 bits per heavy atom. The summed E-state index contributed by atoms with van der Waals surface area (Å²) in [6.45, 7) is 6.81. The van der Waals surface area contributed by atoms with Gasteiger partial charge in [0.05, 0.1) is 23.5 Å². The summed E-state index contributed by atoms with van der Waals surface area (Å²) in [5.41, 5.74) is 0.678. The zero-order valence-corrected chi connectivity index (χ0v) is 18.0. The standard InChI is InChI=1S/C23H29NO4S/c1-3-27-22(26)23(11-14-28-20-7-5-4-6-8-20)9-12-24(13-10-23)16-19-15-21(18(2)25)29-17-19/h4-8,15,17H,3,9-14,16H2,1-2H3. The second kappa shape index (κ2) is 10.0. The predicted molar refractivity (Wildman–Crippen MR) is 114 cm³/mol. The molecule has 156 valence electrons. The minimum Gasteiger partial charge on any atom is -0.494 e. The predicted octanol–water partition coefficient (Wildman–Crippen LogP) is 4.57. The Balaban J connectivity index is 1.58. The first-order valence-electron chi connectivity index (χ1n) is 10.2. The van der Waals surface area contributed by atoms with Crippen molar-refractivity contribution in [3.63, 3.8) is 0 Å². The Hall–Kier alpha value is -2.18. The van der Waals surface area contributed by atoms with E-state index in [1.54, 1.807) is 6.92 Å². The van der Waals surface area contributed by atoms with Crippen molar-refractivity contribution < 1.29 is 19.1 Å². The number of ketones is 1. The van der Waals surface area contributed by atoms with Crippen LogP contribution in [0.15, 0.2) is 41.8 Å². The molecule has 1 aromatic heterocycles. The van der Waals surface area contributed by atoms with Gasteiger partial charge in [-0.05, 0) is 75.3 Å². The average molecular weight is 416 g/mol. The number of likely N-dealkylation sites (tertiary alicyclic amines) is 1. The third-order valence-corrected chi connectivity index (χ3v) is 6.60. The zero-order chi connectivity index (χ0) is 20.7. The van der Waals surface area contributed by atoms with Crippen molar-refractivity contribution >= 4 is 23.1 Å². The van der Waals surface area contributed by atoms with Crippen LogP contribution >= 0.6 is 11.3 Å². The molecular formula is C23H29NO4S. The van der Waals surface area contributed by atoms with Crippen LogP contribution in [0.5, 0.6) is 5.75 Å². The number of hydrogen-bond acceptors (Lipinski definition) is 6. The molecule has 0 spiro atoms. The molecule has 6 heteroatoms. The molecule has 0 atom stereocenters. The van der Waals surface area contributed by atoms with Crippen molar-refractivity contribution in [3.8, 4) is 5.75 Å². The van der Waals surface area contributed by atoms with E-state index in [4.69, 9.17) is 9.47 Å². The maximum atomic E-state index is 12.8. The largest absolute Gasteiger partial charge is 0.494 e. The lowest BCUT2D eigenvalue weighted by Crippen LogP contribution is -2.45. The number of benzene rings is 1. The molecule has 1 saturated heterocycles. The van der Waals surface area contributed by atoms with Crippen molar-refractivity contribution in [1.82, 2.24) is 4.90 Å². The Labute approximate surface area is 176 Å². The van der Waals surface area contributed by atoms with E-state index in [0.29, 0.717) is 19.6 Å². The van der Waals surface area contributed by atoms with Crippen molar-refractivity contribution in [1.29, 1.82) is 0 Å². The quantitative estimate of drug-likeness (QED) is 0.444. The van der Waals surface area contributed by atoms with Crippen LogP contribution in [0.2, 0.25) is 0 Å². The van der Waals surface area contributed by atoms with Gasteiger partial charge in [0.1, 0.15) is 5.75 Å². The van der Waals surface area contributed by atoms with E-state index in [1.165, 1.54) is 11.3 Å². The maximum Gasteiger partial charge on any atom is 0.312 e. The number of esters is 1. The molecule has 1 aliphatic heterocycles. The fraction of sp³-hybridized carbons (Fsp3) is 0.478. The smallest absolute Gasteiger partial charge is 0.312 e. The van der Waals surface area contributed by atoms with Gasteiger partial charge in [0.2, 0.25) is 0 Å². The van der Waals surface area contributed by atoms with Gasteiger partial charge in [0.15, 0.2) is 5.78 Å². The number of thiophene rings is 1. The molecule has 0 N–H and O–H groups in total. The summed E-state index contributed by atoms with van der Waals surface area (Å²) in [6, 6.07) is 11.7. The normalized spacial score (nSPS) is 16.3. The Morgan fingerprint density at radius 3 is 2.52 bits per heavy atom. The van der Waals surface area contributed by atoms with E-state index in [0.717, 1.165) is 48.7 Å². The summed E-state index contributed by atoms with van der Waals surface area (Å²) >= 11 is 1.50. The minimum atomic E-state index is -0.486. The maximum absolute atomic E-state index is 12.8. The van der Waals surface area contributed by atoms with Crippen molar-refractivity contribution in [2.45, 2.75) is 39.7 Å². The van der Waals surface area contributed by atoms with Gasteiger partial charge in [-0.2, -0.15) is 0 Å². The van der Waals surface area contributed by atoms with Gasteiger partial charge in [-0.25, -0.2) is 0 Å². The molecule has 0 bridgehead atoms. The molecule has 3 rings (SSSR count). The number of piperidine rings is 1. The van der Waals surface area contributed by atoms with Crippen molar-refractivity contribution in [2.24, 2.45) is 5.41 Å². The first-order valence-corrected chi connectivity index (χ1v) is 11.1. The third kappa shape index (κ3) is 5.67. The third-order valence-electron chi connectivity index (χ3n) is 5.52. The van der Waals surface area contributed by atoms with E-state index < -0.39 is 5.41 Å². The molecule has 1 fully saturated rings. The summed E-state index contributed by atoms with van der Waals surface area (Å²) in [5.74, 6) is 0.827. The van der Waals surface area contributed by atoms with Crippen LogP contribution in [0.3, 0.4) is 0 Å².